The second-order valence-electron chi connectivity index (χ2n) is 5.47. The van der Waals surface area contributed by atoms with E-state index < -0.39 is 0 Å². The Morgan fingerprint density at radius 2 is 1.83 bits per heavy atom. The molecule has 1 atom stereocenters. The van der Waals surface area contributed by atoms with Gasteiger partial charge < -0.3 is 10.1 Å². The smallest absolute Gasteiger partial charge is 0.123 e. The zero-order valence-corrected chi connectivity index (χ0v) is 13.4. The number of nitrogens with zero attached hydrogens (tertiary/aromatic N) is 2. The van der Waals surface area contributed by atoms with Crippen LogP contribution in [0.15, 0.2) is 67.0 Å². The number of ether oxygens (including phenoxy) is 1. The van der Waals surface area contributed by atoms with Crippen LogP contribution in [0.2, 0.25) is 0 Å². The van der Waals surface area contributed by atoms with Gasteiger partial charge in [-0.1, -0.05) is 36.4 Å². The molecule has 0 unspecified atom stereocenters. The van der Waals surface area contributed by atoms with E-state index >= 15 is 0 Å². The number of benzene rings is 2. The fourth-order valence-corrected chi connectivity index (χ4v) is 2.58. The van der Waals surface area contributed by atoms with Crippen LogP contribution in [-0.2, 0) is 6.54 Å². The SMILES string of the molecule is COc1ccccc1[C@H](C)NCc1cnn(-c2ccccc2)c1. The highest BCUT2D eigenvalue weighted by Crippen LogP contribution is 2.24. The van der Waals surface area contributed by atoms with Gasteiger partial charge in [0.25, 0.3) is 0 Å². The van der Waals surface area contributed by atoms with Crippen molar-refractivity contribution in [3.63, 3.8) is 0 Å². The van der Waals surface area contributed by atoms with Crippen molar-refractivity contribution in [1.29, 1.82) is 0 Å². The summed E-state index contributed by atoms with van der Waals surface area (Å²) in [5.41, 5.74) is 3.37. The molecule has 0 aliphatic rings. The molecule has 2 aromatic carbocycles. The van der Waals surface area contributed by atoms with E-state index in [0.29, 0.717) is 0 Å². The number of hydrogen-bond donors (Lipinski definition) is 1. The Kier molecular flexibility index (Phi) is 4.74. The van der Waals surface area contributed by atoms with Gasteiger partial charge in [-0.15, -0.1) is 0 Å². The lowest BCUT2D eigenvalue weighted by Crippen LogP contribution is -2.18. The Morgan fingerprint density at radius 1 is 1.09 bits per heavy atom. The van der Waals surface area contributed by atoms with Crippen LogP contribution in [0.3, 0.4) is 0 Å². The molecule has 3 aromatic rings. The normalized spacial score (nSPS) is 12.1. The van der Waals surface area contributed by atoms with E-state index in [9.17, 15) is 0 Å². The van der Waals surface area contributed by atoms with E-state index in [2.05, 4.69) is 29.6 Å². The Hall–Kier alpha value is -2.59. The summed E-state index contributed by atoms with van der Waals surface area (Å²) in [5.74, 6) is 0.910. The van der Waals surface area contributed by atoms with Crippen LogP contribution < -0.4 is 10.1 Å². The number of rotatable bonds is 6. The van der Waals surface area contributed by atoms with Crippen LogP contribution >= 0.6 is 0 Å². The topological polar surface area (TPSA) is 39.1 Å². The molecule has 0 aliphatic heterocycles. The summed E-state index contributed by atoms with van der Waals surface area (Å²) in [6.45, 7) is 2.89. The number of hydrogen-bond acceptors (Lipinski definition) is 3. The maximum absolute atomic E-state index is 5.42. The van der Waals surface area contributed by atoms with Gasteiger partial charge in [0.15, 0.2) is 0 Å². The molecule has 0 spiro atoms. The third-order valence-corrected chi connectivity index (χ3v) is 3.87. The molecule has 1 aromatic heterocycles. The van der Waals surface area contributed by atoms with Crippen LogP contribution in [0.4, 0.5) is 0 Å². The molecule has 4 heteroatoms. The highest BCUT2D eigenvalue weighted by molar-refractivity contribution is 5.35. The molecule has 1 heterocycles. The molecule has 0 saturated heterocycles. The molecule has 3 rings (SSSR count). The molecule has 0 radical (unpaired) electrons. The lowest BCUT2D eigenvalue weighted by molar-refractivity contribution is 0.401. The van der Waals surface area contributed by atoms with E-state index in [0.717, 1.165) is 29.1 Å². The molecule has 1 N–H and O–H groups in total. The number of para-hydroxylation sites is 2. The quantitative estimate of drug-likeness (QED) is 0.754. The first kappa shape index (κ1) is 15.3. The van der Waals surface area contributed by atoms with Gasteiger partial charge in [0, 0.05) is 29.9 Å². The monoisotopic (exact) mass is 307 g/mol. The minimum Gasteiger partial charge on any atom is -0.496 e. The second kappa shape index (κ2) is 7.11. The molecule has 4 nitrogen and oxygen atoms in total. The van der Waals surface area contributed by atoms with Crippen molar-refractivity contribution >= 4 is 0 Å². The molecule has 0 aliphatic carbocycles. The summed E-state index contributed by atoms with van der Waals surface area (Å²) in [4.78, 5) is 0. The summed E-state index contributed by atoms with van der Waals surface area (Å²) in [7, 11) is 1.70. The summed E-state index contributed by atoms with van der Waals surface area (Å²) >= 11 is 0. The zero-order valence-electron chi connectivity index (χ0n) is 13.4. The molecule has 0 fully saturated rings. The minimum atomic E-state index is 0.200. The number of aromatic nitrogens is 2. The first-order valence-electron chi connectivity index (χ1n) is 7.73. The summed E-state index contributed by atoms with van der Waals surface area (Å²) in [6.07, 6.45) is 3.95. The standard InChI is InChI=1S/C19H21N3O/c1-15(18-10-6-7-11-19(18)23-2)20-12-16-13-21-22(14-16)17-8-4-3-5-9-17/h3-11,13-15,20H,12H2,1-2H3/t15-/m0/s1. The van der Waals surface area contributed by atoms with E-state index in [1.165, 1.54) is 0 Å². The van der Waals surface area contributed by atoms with Crippen molar-refractivity contribution in [2.24, 2.45) is 0 Å². The van der Waals surface area contributed by atoms with E-state index in [1.54, 1.807) is 7.11 Å². The molecular formula is C19H21N3O. The Morgan fingerprint density at radius 3 is 2.61 bits per heavy atom. The van der Waals surface area contributed by atoms with Crippen molar-refractivity contribution in [2.75, 3.05) is 7.11 Å². The Bertz CT molecular complexity index is 752. The van der Waals surface area contributed by atoms with Crippen LogP contribution in [0.5, 0.6) is 5.75 Å². The van der Waals surface area contributed by atoms with Gasteiger partial charge in [-0.3, -0.25) is 0 Å². The van der Waals surface area contributed by atoms with E-state index in [-0.39, 0.29) is 6.04 Å². The van der Waals surface area contributed by atoms with E-state index in [1.807, 2.05) is 59.4 Å². The largest absolute Gasteiger partial charge is 0.496 e. The number of methoxy groups -OCH3 is 1. The second-order valence-corrected chi connectivity index (χ2v) is 5.47. The van der Waals surface area contributed by atoms with Crippen LogP contribution in [0, 0.1) is 0 Å². The fourth-order valence-electron chi connectivity index (χ4n) is 2.58. The van der Waals surface area contributed by atoms with Gasteiger partial charge in [-0.05, 0) is 25.1 Å². The van der Waals surface area contributed by atoms with E-state index in [4.69, 9.17) is 4.74 Å². The third kappa shape index (κ3) is 3.60. The Labute approximate surface area is 136 Å². The summed E-state index contributed by atoms with van der Waals surface area (Å²) in [6, 6.07) is 18.4. The number of nitrogens with one attached hydrogen (secondary N) is 1. The summed E-state index contributed by atoms with van der Waals surface area (Å²) < 4.78 is 7.32. The van der Waals surface area contributed by atoms with Gasteiger partial charge in [0.2, 0.25) is 0 Å². The van der Waals surface area contributed by atoms with Gasteiger partial charge in [-0.2, -0.15) is 5.10 Å². The van der Waals surface area contributed by atoms with Crippen molar-refractivity contribution < 1.29 is 4.74 Å². The summed E-state index contributed by atoms with van der Waals surface area (Å²) in [5, 5.41) is 7.94. The average Bonchev–Trinajstić information content (AvgIpc) is 3.09. The first-order valence-corrected chi connectivity index (χ1v) is 7.73. The van der Waals surface area contributed by atoms with Crippen molar-refractivity contribution in [2.45, 2.75) is 19.5 Å². The highest BCUT2D eigenvalue weighted by atomic mass is 16.5. The van der Waals surface area contributed by atoms with Gasteiger partial charge in [0.05, 0.1) is 19.0 Å². The highest BCUT2D eigenvalue weighted by Gasteiger charge is 2.10. The van der Waals surface area contributed by atoms with Crippen LogP contribution in [0.1, 0.15) is 24.1 Å². The minimum absolute atomic E-state index is 0.200. The van der Waals surface area contributed by atoms with Gasteiger partial charge in [0.1, 0.15) is 5.75 Å². The molecule has 0 saturated carbocycles. The third-order valence-electron chi connectivity index (χ3n) is 3.87. The molecular weight excluding hydrogens is 286 g/mol. The maximum atomic E-state index is 5.42. The van der Waals surface area contributed by atoms with Crippen molar-refractivity contribution in [3.05, 3.63) is 78.1 Å². The zero-order chi connectivity index (χ0) is 16.1. The average molecular weight is 307 g/mol. The molecule has 0 amide bonds. The predicted octanol–water partition coefficient (Wildman–Crippen LogP) is 3.73. The maximum Gasteiger partial charge on any atom is 0.123 e. The van der Waals surface area contributed by atoms with Gasteiger partial charge in [-0.25, -0.2) is 4.68 Å². The van der Waals surface area contributed by atoms with Crippen molar-refractivity contribution in [1.82, 2.24) is 15.1 Å². The predicted molar refractivity (Wildman–Crippen MR) is 91.8 cm³/mol. The lowest BCUT2D eigenvalue weighted by Gasteiger charge is -2.16. The first-order chi connectivity index (χ1) is 11.3. The Balaban J connectivity index is 1.66. The van der Waals surface area contributed by atoms with Gasteiger partial charge >= 0.3 is 0 Å². The molecule has 23 heavy (non-hydrogen) atoms. The van der Waals surface area contributed by atoms with Crippen LogP contribution in [-0.4, -0.2) is 16.9 Å². The molecule has 118 valence electrons. The van der Waals surface area contributed by atoms with Crippen molar-refractivity contribution in [3.8, 4) is 11.4 Å². The van der Waals surface area contributed by atoms with Crippen LogP contribution in [0.25, 0.3) is 5.69 Å². The fraction of sp³-hybridized carbons (Fsp3) is 0.211. The molecule has 0 bridgehead atoms. The lowest BCUT2D eigenvalue weighted by atomic mass is 10.1.